The van der Waals surface area contributed by atoms with E-state index in [0.717, 1.165) is 12.1 Å². The minimum atomic E-state index is -1.52. The quantitative estimate of drug-likeness (QED) is 0.563. The van der Waals surface area contributed by atoms with Gasteiger partial charge in [-0.3, -0.25) is 0 Å². The number of rotatable bonds is 2. The monoisotopic (exact) mass is 341 g/mol. The van der Waals surface area contributed by atoms with Gasteiger partial charge in [0.2, 0.25) is 5.95 Å². The molecule has 21 heavy (non-hydrogen) atoms. The maximum atomic E-state index is 10.2. The topological polar surface area (TPSA) is 176 Å². The SMILES string of the molecule is Nc1ncccn1.O.O=C([O-])c1cccc(C(=O)[O-])n1.[Cu+2]. The number of hydrogen-bond acceptors (Lipinski definition) is 8. The first-order valence-electron chi connectivity index (χ1n) is 4.93. The number of pyridine rings is 1. The van der Waals surface area contributed by atoms with Gasteiger partial charge in [-0.2, -0.15) is 0 Å². The Morgan fingerprint density at radius 3 is 1.67 bits per heavy atom. The minimum Gasteiger partial charge on any atom is -0.543 e. The van der Waals surface area contributed by atoms with Crippen LogP contribution in [0.1, 0.15) is 21.0 Å². The number of anilines is 1. The maximum absolute atomic E-state index is 10.2. The Balaban J connectivity index is 0. The Hall–Kier alpha value is -2.55. The molecule has 0 saturated carbocycles. The molecule has 0 fully saturated rings. The molecule has 0 aliphatic carbocycles. The number of aromatic nitrogens is 3. The maximum Gasteiger partial charge on any atom is 2.00 e. The molecule has 0 saturated heterocycles. The zero-order valence-electron chi connectivity index (χ0n) is 10.3. The summed E-state index contributed by atoms with van der Waals surface area (Å²) in [5, 5.41) is 20.4. The van der Waals surface area contributed by atoms with Crippen molar-refractivity contribution in [3.8, 4) is 0 Å². The van der Waals surface area contributed by atoms with Gasteiger partial charge in [0.25, 0.3) is 0 Å². The summed E-state index contributed by atoms with van der Waals surface area (Å²) >= 11 is 0. The molecule has 10 heteroatoms. The van der Waals surface area contributed by atoms with Crippen LogP contribution in [0.25, 0.3) is 0 Å². The second-order valence-electron chi connectivity index (χ2n) is 3.09. The Morgan fingerprint density at radius 1 is 0.952 bits per heavy atom. The molecule has 2 aromatic rings. The van der Waals surface area contributed by atoms with Crippen LogP contribution in [-0.4, -0.2) is 32.4 Å². The van der Waals surface area contributed by atoms with Gasteiger partial charge in [-0.15, -0.1) is 0 Å². The predicted octanol–water partition coefficient (Wildman–Crippen LogP) is -2.96. The number of carboxylic acids is 2. The van der Waals surface area contributed by atoms with Crippen molar-refractivity contribution in [1.82, 2.24) is 15.0 Å². The van der Waals surface area contributed by atoms with Crippen LogP contribution in [0.4, 0.5) is 5.95 Å². The minimum absolute atomic E-state index is 0. The van der Waals surface area contributed by atoms with E-state index in [1.54, 1.807) is 18.5 Å². The summed E-state index contributed by atoms with van der Waals surface area (Å²) in [5.74, 6) is -2.71. The fourth-order valence-electron chi connectivity index (χ4n) is 0.973. The molecular formula is C11H10CuN4O5. The van der Waals surface area contributed by atoms with Gasteiger partial charge in [0.05, 0.1) is 23.3 Å². The Labute approximate surface area is 129 Å². The van der Waals surface area contributed by atoms with Crippen LogP contribution in [-0.2, 0) is 17.1 Å². The second-order valence-corrected chi connectivity index (χ2v) is 3.09. The van der Waals surface area contributed by atoms with Crippen molar-refractivity contribution in [3.63, 3.8) is 0 Å². The number of carbonyl (C=O) groups is 2. The summed E-state index contributed by atoms with van der Waals surface area (Å²) in [6.07, 6.45) is 3.20. The van der Waals surface area contributed by atoms with Crippen LogP contribution < -0.4 is 15.9 Å². The number of hydrogen-bond donors (Lipinski definition) is 1. The van der Waals surface area contributed by atoms with Crippen LogP contribution in [0.3, 0.4) is 0 Å². The molecule has 0 aliphatic rings. The van der Waals surface area contributed by atoms with Crippen LogP contribution in [0.2, 0.25) is 0 Å². The van der Waals surface area contributed by atoms with Crippen molar-refractivity contribution in [2.24, 2.45) is 0 Å². The Bertz CT molecular complexity index is 553. The first-order chi connectivity index (χ1) is 9.00. The van der Waals surface area contributed by atoms with Gasteiger partial charge >= 0.3 is 17.1 Å². The van der Waals surface area contributed by atoms with E-state index < -0.39 is 23.3 Å². The van der Waals surface area contributed by atoms with E-state index in [1.807, 2.05) is 0 Å². The van der Waals surface area contributed by atoms with Gasteiger partial charge in [0.15, 0.2) is 0 Å². The summed E-state index contributed by atoms with van der Waals surface area (Å²) in [4.78, 5) is 30.9. The fraction of sp³-hybridized carbons (Fsp3) is 0. The molecule has 2 rings (SSSR count). The van der Waals surface area contributed by atoms with Crippen molar-refractivity contribution in [2.75, 3.05) is 5.73 Å². The van der Waals surface area contributed by atoms with Crippen LogP contribution in [0.15, 0.2) is 36.7 Å². The van der Waals surface area contributed by atoms with E-state index >= 15 is 0 Å². The number of nitrogen functional groups attached to an aromatic ring is 1. The van der Waals surface area contributed by atoms with Crippen molar-refractivity contribution < 1.29 is 42.3 Å². The van der Waals surface area contributed by atoms with Crippen molar-refractivity contribution in [1.29, 1.82) is 0 Å². The second kappa shape index (κ2) is 10.3. The van der Waals surface area contributed by atoms with Crippen LogP contribution >= 0.6 is 0 Å². The van der Waals surface area contributed by atoms with Gasteiger partial charge in [0.1, 0.15) is 0 Å². The molecule has 0 bridgehead atoms. The zero-order chi connectivity index (χ0) is 14.3. The van der Waals surface area contributed by atoms with E-state index in [-0.39, 0.29) is 22.5 Å². The number of nitrogens with zero attached hydrogens (tertiary/aromatic N) is 3. The zero-order valence-corrected chi connectivity index (χ0v) is 11.3. The van der Waals surface area contributed by atoms with Gasteiger partial charge in [0, 0.05) is 12.4 Å². The molecule has 0 unspecified atom stereocenters. The smallest absolute Gasteiger partial charge is 0.543 e. The summed E-state index contributed by atoms with van der Waals surface area (Å²) in [7, 11) is 0. The molecule has 1 radical (unpaired) electrons. The molecule has 0 spiro atoms. The summed E-state index contributed by atoms with van der Waals surface area (Å²) in [6, 6.07) is 5.25. The first kappa shape index (κ1) is 20.8. The molecule has 0 atom stereocenters. The van der Waals surface area contributed by atoms with E-state index in [9.17, 15) is 19.8 Å². The third-order valence-electron chi connectivity index (χ3n) is 1.75. The van der Waals surface area contributed by atoms with Crippen LogP contribution in [0.5, 0.6) is 0 Å². The molecule has 0 aliphatic heterocycles. The number of aromatic carboxylic acids is 2. The number of carboxylic acid groups (broad SMARTS) is 2. The number of carbonyl (C=O) groups excluding carboxylic acids is 2. The molecule has 115 valence electrons. The van der Waals surface area contributed by atoms with Gasteiger partial charge in [-0.25, -0.2) is 15.0 Å². The van der Waals surface area contributed by atoms with Crippen molar-refractivity contribution >= 4 is 17.9 Å². The standard InChI is InChI=1S/C7H5NO4.C4H5N3.Cu.H2O/c9-6(10)4-2-1-3-5(8-4)7(11)12;5-4-6-2-1-3-7-4;;/h1-3H,(H,9,10)(H,11,12);1-3H,(H2,5,6,7);;1H2/q;;+2;/p-2. The summed E-state index contributed by atoms with van der Waals surface area (Å²) in [5.41, 5.74) is 4.30. The summed E-state index contributed by atoms with van der Waals surface area (Å²) in [6.45, 7) is 0. The molecule has 2 heterocycles. The largest absolute Gasteiger partial charge is 2.00 e. The average molecular weight is 342 g/mol. The van der Waals surface area contributed by atoms with E-state index in [4.69, 9.17) is 5.73 Å². The average Bonchev–Trinajstić information content (AvgIpc) is 2.40. The fourth-order valence-corrected chi connectivity index (χ4v) is 0.973. The first-order valence-corrected chi connectivity index (χ1v) is 4.93. The van der Waals surface area contributed by atoms with E-state index in [2.05, 4.69) is 15.0 Å². The molecule has 2 aromatic heterocycles. The van der Waals surface area contributed by atoms with Gasteiger partial charge in [-0.05, 0) is 18.2 Å². The third-order valence-corrected chi connectivity index (χ3v) is 1.75. The van der Waals surface area contributed by atoms with Gasteiger partial charge < -0.3 is 31.0 Å². The van der Waals surface area contributed by atoms with Crippen molar-refractivity contribution in [3.05, 3.63) is 48.0 Å². The molecule has 9 nitrogen and oxygen atoms in total. The van der Waals surface area contributed by atoms with Crippen LogP contribution in [0, 0.1) is 0 Å². The van der Waals surface area contributed by atoms with E-state index in [1.165, 1.54) is 6.07 Å². The van der Waals surface area contributed by atoms with E-state index in [0.29, 0.717) is 5.95 Å². The molecular weight excluding hydrogens is 332 g/mol. The molecule has 0 aromatic carbocycles. The van der Waals surface area contributed by atoms with Gasteiger partial charge in [-0.1, -0.05) is 6.07 Å². The Morgan fingerprint density at radius 2 is 1.38 bits per heavy atom. The number of nitrogens with two attached hydrogens (primary N) is 1. The third kappa shape index (κ3) is 7.57. The normalized spacial score (nSPS) is 8.19. The summed E-state index contributed by atoms with van der Waals surface area (Å²) < 4.78 is 0. The molecule has 4 N–H and O–H groups in total. The predicted molar refractivity (Wildman–Crippen MR) is 63.0 cm³/mol. The van der Waals surface area contributed by atoms with Crippen molar-refractivity contribution in [2.45, 2.75) is 0 Å². The Kier molecular flexibility index (Phi) is 10.1. The molecule has 0 amide bonds.